The molecule has 0 aliphatic carbocycles. The Morgan fingerprint density at radius 1 is 0.871 bits per heavy atom. The van der Waals surface area contributed by atoms with Crippen LogP contribution in [0.15, 0.2) is 34.7 Å². The van der Waals surface area contributed by atoms with Crippen molar-refractivity contribution in [2.75, 3.05) is 18.5 Å². The first-order valence-electron chi connectivity index (χ1n) is 8.79. The van der Waals surface area contributed by atoms with Crippen LogP contribution in [0, 0.1) is 29.1 Å². The Morgan fingerprint density at radius 3 is 2.23 bits per heavy atom. The molecular weight excluding hydrogens is 429 g/mol. The lowest BCUT2D eigenvalue weighted by molar-refractivity contribution is 0.0992. The number of amides is 1. The topological polar surface area (TPSA) is 69.9 Å². The number of anilines is 1. The summed E-state index contributed by atoms with van der Waals surface area (Å²) < 4.78 is 87.5. The van der Waals surface area contributed by atoms with Crippen molar-refractivity contribution in [3.8, 4) is 17.2 Å². The Balaban J connectivity index is 1.44. The summed E-state index contributed by atoms with van der Waals surface area (Å²) in [6.45, 7) is 0.103. The van der Waals surface area contributed by atoms with E-state index in [-0.39, 0.29) is 11.5 Å². The number of benzene rings is 2. The number of ether oxygens (including phenoxy) is 3. The third-order valence-corrected chi connectivity index (χ3v) is 4.21. The number of halogens is 5. The predicted molar refractivity (Wildman–Crippen MR) is 94.7 cm³/mol. The van der Waals surface area contributed by atoms with Crippen LogP contribution < -0.4 is 19.5 Å². The fourth-order valence-corrected chi connectivity index (χ4v) is 2.75. The van der Waals surface area contributed by atoms with Gasteiger partial charge in [-0.2, -0.15) is 8.78 Å². The minimum absolute atomic E-state index is 0.0868. The summed E-state index contributed by atoms with van der Waals surface area (Å²) in [5.41, 5.74) is 0.393. The summed E-state index contributed by atoms with van der Waals surface area (Å²) in [4.78, 5) is 12.3. The maximum absolute atomic E-state index is 13.6. The lowest BCUT2D eigenvalue weighted by Crippen LogP contribution is -2.16. The number of rotatable bonds is 5. The van der Waals surface area contributed by atoms with E-state index in [0.717, 1.165) is 0 Å². The quantitative estimate of drug-likeness (QED) is 0.357. The van der Waals surface area contributed by atoms with Gasteiger partial charge in [0.1, 0.15) is 25.6 Å². The minimum atomic E-state index is -2.29. The Labute approximate surface area is 171 Å². The summed E-state index contributed by atoms with van der Waals surface area (Å²) in [6, 6.07) is 7.27. The first kappa shape index (κ1) is 20.5. The van der Waals surface area contributed by atoms with Crippen molar-refractivity contribution in [2.45, 2.75) is 6.61 Å². The van der Waals surface area contributed by atoms with Crippen LogP contribution in [0.4, 0.5) is 27.6 Å². The molecule has 31 heavy (non-hydrogen) atoms. The van der Waals surface area contributed by atoms with Crippen LogP contribution in [0.25, 0.3) is 0 Å². The van der Waals surface area contributed by atoms with Crippen LogP contribution in [0.3, 0.4) is 0 Å². The van der Waals surface area contributed by atoms with Crippen molar-refractivity contribution >= 4 is 11.6 Å². The monoisotopic (exact) mass is 441 g/mol. The summed E-state index contributed by atoms with van der Waals surface area (Å²) >= 11 is 0. The van der Waals surface area contributed by atoms with Crippen LogP contribution in [0.1, 0.15) is 16.3 Å². The second kappa shape index (κ2) is 8.17. The molecule has 3 aromatic rings. The van der Waals surface area contributed by atoms with Gasteiger partial charge in [-0.05, 0) is 24.3 Å². The fraction of sp³-hybridized carbons (Fsp3) is 0.150. The van der Waals surface area contributed by atoms with Gasteiger partial charge in [-0.15, -0.1) is 0 Å². The molecule has 0 saturated heterocycles. The van der Waals surface area contributed by atoms with Crippen molar-refractivity contribution in [3.63, 3.8) is 0 Å². The third kappa shape index (κ3) is 3.98. The van der Waals surface area contributed by atoms with Gasteiger partial charge in [0.2, 0.25) is 29.1 Å². The van der Waals surface area contributed by atoms with Gasteiger partial charge in [0.25, 0.3) is 5.91 Å². The maximum Gasteiger partial charge on any atom is 0.291 e. The first-order chi connectivity index (χ1) is 14.8. The minimum Gasteiger partial charge on any atom is -0.486 e. The maximum atomic E-state index is 13.6. The zero-order chi connectivity index (χ0) is 22.1. The molecule has 1 aliphatic heterocycles. The van der Waals surface area contributed by atoms with E-state index in [9.17, 15) is 26.7 Å². The summed E-state index contributed by atoms with van der Waals surface area (Å²) in [7, 11) is 0. The lowest BCUT2D eigenvalue weighted by Gasteiger charge is -2.18. The van der Waals surface area contributed by atoms with Crippen molar-refractivity contribution in [1.82, 2.24) is 0 Å². The predicted octanol–water partition coefficient (Wildman–Crippen LogP) is 4.58. The molecule has 1 N–H and O–H groups in total. The molecule has 11 heteroatoms. The number of carbonyl (C=O) groups is 1. The molecule has 4 rings (SSSR count). The lowest BCUT2D eigenvalue weighted by atomic mass is 10.2. The molecule has 162 valence electrons. The van der Waals surface area contributed by atoms with Crippen molar-refractivity contribution in [1.29, 1.82) is 0 Å². The smallest absolute Gasteiger partial charge is 0.291 e. The molecular formula is C20H12F5NO5. The van der Waals surface area contributed by atoms with Crippen molar-refractivity contribution in [2.24, 2.45) is 0 Å². The van der Waals surface area contributed by atoms with Gasteiger partial charge in [0.15, 0.2) is 23.0 Å². The average Bonchev–Trinajstić information content (AvgIpc) is 3.25. The highest BCUT2D eigenvalue weighted by molar-refractivity contribution is 6.02. The molecule has 1 aliphatic rings. The normalized spacial score (nSPS) is 12.5. The molecule has 0 fully saturated rings. The van der Waals surface area contributed by atoms with E-state index in [4.69, 9.17) is 18.6 Å². The Hall–Kier alpha value is -3.76. The highest BCUT2D eigenvalue weighted by atomic mass is 19.2. The SMILES string of the molecule is O=C(Nc1ccc2c(c1)OCCO2)c1ccc(COc2c(F)c(F)c(F)c(F)c2F)o1. The molecule has 2 aromatic carbocycles. The number of fused-ring (bicyclic) bond motifs is 1. The third-order valence-electron chi connectivity index (χ3n) is 4.21. The van der Waals surface area contributed by atoms with Crippen LogP contribution >= 0.6 is 0 Å². The summed E-state index contributed by atoms with van der Waals surface area (Å²) in [5, 5.41) is 2.56. The van der Waals surface area contributed by atoms with Crippen LogP contribution in [-0.4, -0.2) is 19.1 Å². The first-order valence-corrected chi connectivity index (χ1v) is 8.79. The molecule has 0 radical (unpaired) electrons. The second-order valence-corrected chi connectivity index (χ2v) is 6.27. The van der Waals surface area contributed by atoms with Gasteiger partial charge in [-0.25, -0.2) is 13.2 Å². The molecule has 1 amide bonds. The number of hydrogen-bond acceptors (Lipinski definition) is 5. The van der Waals surface area contributed by atoms with Crippen molar-refractivity contribution in [3.05, 3.63) is 70.9 Å². The molecule has 1 aromatic heterocycles. The van der Waals surface area contributed by atoms with Gasteiger partial charge in [-0.3, -0.25) is 4.79 Å². The zero-order valence-electron chi connectivity index (χ0n) is 15.4. The van der Waals surface area contributed by atoms with Gasteiger partial charge in [0, 0.05) is 11.8 Å². The van der Waals surface area contributed by atoms with E-state index >= 15 is 0 Å². The Kier molecular flexibility index (Phi) is 5.40. The molecule has 0 atom stereocenters. The molecule has 2 heterocycles. The standard InChI is InChI=1S/C20H12F5NO5/c21-14-15(22)17(24)19(18(25)16(14)23)30-8-10-2-4-12(31-10)20(27)26-9-1-3-11-13(7-9)29-6-5-28-11/h1-4,7H,5-6,8H2,(H,26,27). The van der Waals surface area contributed by atoms with E-state index in [1.165, 1.54) is 12.1 Å². The van der Waals surface area contributed by atoms with Gasteiger partial charge >= 0.3 is 0 Å². The van der Waals surface area contributed by atoms with E-state index in [0.29, 0.717) is 30.4 Å². The number of hydrogen-bond donors (Lipinski definition) is 1. The highest BCUT2D eigenvalue weighted by Gasteiger charge is 2.27. The zero-order valence-corrected chi connectivity index (χ0v) is 15.4. The second-order valence-electron chi connectivity index (χ2n) is 6.27. The van der Waals surface area contributed by atoms with Gasteiger partial charge in [-0.1, -0.05) is 0 Å². The largest absolute Gasteiger partial charge is 0.486 e. The van der Waals surface area contributed by atoms with E-state index < -0.39 is 47.3 Å². The van der Waals surface area contributed by atoms with E-state index in [1.54, 1.807) is 18.2 Å². The molecule has 0 bridgehead atoms. The van der Waals surface area contributed by atoms with E-state index in [2.05, 4.69) is 5.32 Å². The molecule has 0 unspecified atom stereocenters. The Morgan fingerprint density at radius 2 is 1.52 bits per heavy atom. The summed E-state index contributed by atoms with van der Waals surface area (Å²) in [6.07, 6.45) is 0. The number of furan rings is 1. The fourth-order valence-electron chi connectivity index (χ4n) is 2.75. The van der Waals surface area contributed by atoms with Crippen molar-refractivity contribution < 1.29 is 45.4 Å². The number of nitrogens with one attached hydrogen (secondary N) is 1. The molecule has 6 nitrogen and oxygen atoms in total. The summed E-state index contributed by atoms with van der Waals surface area (Å²) in [5.74, 6) is -12.1. The Bertz CT molecular complexity index is 1130. The number of carbonyl (C=O) groups excluding carboxylic acids is 1. The van der Waals surface area contributed by atoms with Gasteiger partial charge < -0.3 is 23.9 Å². The van der Waals surface area contributed by atoms with Crippen LogP contribution in [-0.2, 0) is 6.61 Å². The van der Waals surface area contributed by atoms with Crippen LogP contribution in [0.2, 0.25) is 0 Å². The van der Waals surface area contributed by atoms with Gasteiger partial charge in [0.05, 0.1) is 0 Å². The average molecular weight is 441 g/mol. The highest BCUT2D eigenvalue weighted by Crippen LogP contribution is 2.33. The van der Waals surface area contributed by atoms with Crippen LogP contribution in [0.5, 0.6) is 17.2 Å². The van der Waals surface area contributed by atoms with E-state index in [1.807, 2.05) is 0 Å². The molecule has 0 saturated carbocycles. The molecule has 0 spiro atoms.